The highest BCUT2D eigenvalue weighted by atomic mass is 32.2. The molecule has 7 nitrogen and oxygen atoms in total. The van der Waals surface area contributed by atoms with Crippen LogP contribution < -0.4 is 4.90 Å². The van der Waals surface area contributed by atoms with Crippen molar-refractivity contribution < 1.29 is 19.8 Å². The lowest BCUT2D eigenvalue weighted by molar-refractivity contribution is -0.132. The summed E-state index contributed by atoms with van der Waals surface area (Å²) in [4.78, 5) is 28.1. The SMILES string of the molecule is Cc1ccc(CSc2nnc(N3C(=O)C(=O)/C(=C(/O)c4cc(C)ccc4C)C3c3ccc(O)cc3)s2)cc1. The molecule has 0 aliphatic carbocycles. The number of aliphatic hydroxyl groups excluding tert-OH is 1. The van der Waals surface area contributed by atoms with Gasteiger partial charge in [-0.25, -0.2) is 0 Å². The number of phenols is 1. The second-order valence-electron chi connectivity index (χ2n) is 9.20. The molecule has 2 heterocycles. The number of ketones is 1. The van der Waals surface area contributed by atoms with Crippen LogP contribution in [0.1, 0.15) is 39.4 Å². The fraction of sp³-hybridized carbons (Fsp3) is 0.172. The number of Topliss-reactive ketones (excluding diaryl/α,β-unsaturated/α-hetero) is 1. The Balaban J connectivity index is 1.55. The molecule has 0 saturated carbocycles. The van der Waals surface area contributed by atoms with Crippen LogP contribution in [0.5, 0.6) is 5.75 Å². The molecule has 192 valence electrons. The Morgan fingerprint density at radius 1 is 0.947 bits per heavy atom. The molecule has 0 bridgehead atoms. The Labute approximate surface area is 228 Å². The first-order chi connectivity index (χ1) is 18.2. The molecule has 0 spiro atoms. The Morgan fingerprint density at radius 3 is 2.34 bits per heavy atom. The van der Waals surface area contributed by atoms with Gasteiger partial charge in [-0.3, -0.25) is 14.5 Å². The zero-order valence-electron chi connectivity index (χ0n) is 21.0. The van der Waals surface area contributed by atoms with Gasteiger partial charge in [-0.15, -0.1) is 10.2 Å². The second-order valence-corrected chi connectivity index (χ2v) is 11.4. The van der Waals surface area contributed by atoms with Gasteiger partial charge in [0.1, 0.15) is 11.5 Å². The molecule has 3 aromatic carbocycles. The predicted octanol–water partition coefficient (Wildman–Crippen LogP) is 6.09. The molecule has 1 aliphatic heterocycles. The smallest absolute Gasteiger partial charge is 0.301 e. The molecule has 9 heteroatoms. The van der Waals surface area contributed by atoms with Crippen LogP contribution in [0.4, 0.5) is 5.13 Å². The van der Waals surface area contributed by atoms with E-state index in [1.807, 2.05) is 32.9 Å². The van der Waals surface area contributed by atoms with E-state index in [2.05, 4.69) is 34.5 Å². The lowest BCUT2D eigenvalue weighted by atomic mass is 9.93. The summed E-state index contributed by atoms with van der Waals surface area (Å²) in [5.41, 5.74) is 5.01. The number of aromatic nitrogens is 2. The molecule has 2 N–H and O–H groups in total. The number of thioether (sulfide) groups is 1. The van der Waals surface area contributed by atoms with Gasteiger partial charge in [-0.2, -0.15) is 0 Å². The first-order valence-electron chi connectivity index (χ1n) is 11.9. The maximum Gasteiger partial charge on any atom is 0.301 e. The van der Waals surface area contributed by atoms with Gasteiger partial charge >= 0.3 is 5.91 Å². The number of aryl methyl sites for hydroxylation is 3. The zero-order valence-corrected chi connectivity index (χ0v) is 22.6. The number of rotatable bonds is 6. The van der Waals surface area contributed by atoms with Crippen molar-refractivity contribution in [3.8, 4) is 5.75 Å². The van der Waals surface area contributed by atoms with Crippen LogP contribution >= 0.6 is 23.1 Å². The van der Waals surface area contributed by atoms with E-state index >= 15 is 0 Å². The number of aromatic hydroxyl groups is 1. The quantitative estimate of drug-likeness (QED) is 0.0997. The molecule has 1 aromatic heterocycles. The lowest BCUT2D eigenvalue weighted by Gasteiger charge is -2.22. The number of hydrogen-bond acceptors (Lipinski definition) is 8. The summed E-state index contributed by atoms with van der Waals surface area (Å²) in [5.74, 6) is -1.11. The fourth-order valence-corrected chi connectivity index (χ4v) is 6.15. The number of carbonyl (C=O) groups is 2. The fourth-order valence-electron chi connectivity index (χ4n) is 4.33. The summed E-state index contributed by atoms with van der Waals surface area (Å²) in [6, 6.07) is 19.1. The summed E-state index contributed by atoms with van der Waals surface area (Å²) >= 11 is 2.71. The van der Waals surface area contributed by atoms with Crippen LogP contribution in [-0.4, -0.2) is 32.1 Å². The normalized spacial score (nSPS) is 16.8. The van der Waals surface area contributed by atoms with E-state index in [9.17, 15) is 19.8 Å². The van der Waals surface area contributed by atoms with Crippen molar-refractivity contribution in [1.29, 1.82) is 0 Å². The van der Waals surface area contributed by atoms with Crippen LogP contribution in [-0.2, 0) is 15.3 Å². The molecule has 1 atom stereocenters. The van der Waals surface area contributed by atoms with Crippen LogP contribution in [0.25, 0.3) is 5.76 Å². The summed E-state index contributed by atoms with van der Waals surface area (Å²) in [5, 5.41) is 30.0. The lowest BCUT2D eigenvalue weighted by Crippen LogP contribution is -2.29. The first-order valence-corrected chi connectivity index (χ1v) is 13.7. The highest BCUT2D eigenvalue weighted by Gasteiger charge is 2.48. The molecule has 4 aromatic rings. The number of hydrogen-bond donors (Lipinski definition) is 2. The number of amides is 1. The van der Waals surface area contributed by atoms with Gasteiger partial charge in [0, 0.05) is 11.3 Å². The van der Waals surface area contributed by atoms with Crippen molar-refractivity contribution >= 4 is 45.7 Å². The molecule has 1 saturated heterocycles. The average Bonchev–Trinajstić information content (AvgIpc) is 3.47. The van der Waals surface area contributed by atoms with Gasteiger partial charge in [0.15, 0.2) is 4.34 Å². The largest absolute Gasteiger partial charge is 0.508 e. The molecule has 38 heavy (non-hydrogen) atoms. The highest BCUT2D eigenvalue weighted by Crippen LogP contribution is 2.44. The minimum atomic E-state index is -0.932. The Morgan fingerprint density at radius 2 is 1.63 bits per heavy atom. The Bertz CT molecular complexity index is 1560. The molecule has 1 fully saturated rings. The van der Waals surface area contributed by atoms with Crippen molar-refractivity contribution in [1.82, 2.24) is 10.2 Å². The van der Waals surface area contributed by atoms with Crippen LogP contribution in [0.2, 0.25) is 0 Å². The summed E-state index contributed by atoms with van der Waals surface area (Å²) in [6.45, 7) is 5.76. The maximum absolute atomic E-state index is 13.4. The van der Waals surface area contributed by atoms with E-state index in [1.54, 1.807) is 18.2 Å². The van der Waals surface area contributed by atoms with Gasteiger partial charge in [0.2, 0.25) is 5.13 Å². The van der Waals surface area contributed by atoms with Gasteiger partial charge in [-0.05, 0) is 55.7 Å². The number of aliphatic hydroxyl groups is 1. The third-order valence-corrected chi connectivity index (χ3v) is 8.51. The first kappa shape index (κ1) is 25.7. The molecule has 1 aliphatic rings. The van der Waals surface area contributed by atoms with E-state index in [-0.39, 0.29) is 22.2 Å². The number of phenolic OH excluding ortho intramolecular Hbond substituents is 1. The Hall–Kier alpha value is -3.95. The highest BCUT2D eigenvalue weighted by molar-refractivity contribution is 8.00. The van der Waals surface area contributed by atoms with Crippen molar-refractivity contribution in [2.24, 2.45) is 0 Å². The number of anilines is 1. The Kier molecular flexibility index (Phi) is 7.05. The number of benzene rings is 3. The van der Waals surface area contributed by atoms with E-state index in [1.165, 1.54) is 45.7 Å². The maximum atomic E-state index is 13.4. The van der Waals surface area contributed by atoms with Gasteiger partial charge in [0.25, 0.3) is 5.78 Å². The molecule has 1 unspecified atom stereocenters. The molecule has 0 radical (unpaired) electrons. The average molecular weight is 544 g/mol. The van der Waals surface area contributed by atoms with Crippen LogP contribution in [0.3, 0.4) is 0 Å². The minimum absolute atomic E-state index is 0.0292. The van der Waals surface area contributed by atoms with Crippen molar-refractivity contribution in [2.45, 2.75) is 36.9 Å². The van der Waals surface area contributed by atoms with Gasteiger partial charge in [-0.1, -0.05) is 82.8 Å². The second kappa shape index (κ2) is 10.4. The summed E-state index contributed by atoms with van der Waals surface area (Å²) in [7, 11) is 0. The van der Waals surface area contributed by atoms with Gasteiger partial charge in [0.05, 0.1) is 11.6 Å². The van der Waals surface area contributed by atoms with Gasteiger partial charge < -0.3 is 10.2 Å². The minimum Gasteiger partial charge on any atom is -0.508 e. The molecule has 5 rings (SSSR count). The standard InChI is InChI=1S/C29H25N3O4S2/c1-16-5-8-19(9-6-16)15-37-29-31-30-28(38-29)32-24(20-10-12-21(33)13-11-20)23(26(35)27(32)36)25(34)22-14-17(2)4-7-18(22)3/h4-14,24,33-34H,15H2,1-3H3/b25-23+. The summed E-state index contributed by atoms with van der Waals surface area (Å²) in [6.07, 6.45) is 0. The molecular weight excluding hydrogens is 518 g/mol. The van der Waals surface area contributed by atoms with Crippen molar-refractivity contribution in [3.63, 3.8) is 0 Å². The molecular formula is C29H25N3O4S2. The number of carbonyl (C=O) groups excluding carboxylic acids is 2. The van der Waals surface area contributed by atoms with Crippen molar-refractivity contribution in [2.75, 3.05) is 4.90 Å². The predicted molar refractivity (Wildman–Crippen MR) is 149 cm³/mol. The van der Waals surface area contributed by atoms with E-state index < -0.39 is 17.7 Å². The summed E-state index contributed by atoms with van der Waals surface area (Å²) < 4.78 is 0.654. The van der Waals surface area contributed by atoms with E-state index in [4.69, 9.17) is 0 Å². The molecule has 1 amide bonds. The van der Waals surface area contributed by atoms with E-state index in [0.29, 0.717) is 21.2 Å². The third-order valence-electron chi connectivity index (χ3n) is 6.39. The van der Waals surface area contributed by atoms with Crippen molar-refractivity contribution in [3.05, 3.63) is 106 Å². The zero-order chi connectivity index (χ0) is 27.0. The third kappa shape index (κ3) is 4.94. The number of nitrogens with zero attached hydrogens (tertiary/aromatic N) is 3. The van der Waals surface area contributed by atoms with E-state index in [0.717, 1.165) is 16.7 Å². The monoisotopic (exact) mass is 543 g/mol. The van der Waals surface area contributed by atoms with Crippen LogP contribution in [0, 0.1) is 20.8 Å². The topological polar surface area (TPSA) is 104 Å². The van der Waals surface area contributed by atoms with Crippen LogP contribution in [0.15, 0.2) is 76.6 Å².